The summed E-state index contributed by atoms with van der Waals surface area (Å²) in [7, 11) is 0. The van der Waals surface area contributed by atoms with Crippen LogP contribution in [0.15, 0.2) is 0 Å². The highest BCUT2D eigenvalue weighted by atomic mass is 16.7. The maximum absolute atomic E-state index is 11.4. The van der Waals surface area contributed by atoms with Crippen LogP contribution in [0.25, 0.3) is 0 Å². The molecular formula is C20H38O4. The second kappa shape index (κ2) is 13.7. The number of rotatable bonds is 13. The molecule has 1 aliphatic heterocycles. The van der Waals surface area contributed by atoms with Crippen molar-refractivity contribution >= 4 is 5.97 Å². The van der Waals surface area contributed by atoms with Gasteiger partial charge in [0.15, 0.2) is 6.29 Å². The van der Waals surface area contributed by atoms with Crippen molar-refractivity contribution in [3.63, 3.8) is 0 Å². The van der Waals surface area contributed by atoms with Crippen molar-refractivity contribution < 1.29 is 19.0 Å². The average molecular weight is 343 g/mol. The maximum Gasteiger partial charge on any atom is 0.302 e. The first-order valence-electron chi connectivity index (χ1n) is 10.1. The monoisotopic (exact) mass is 342 g/mol. The summed E-state index contributed by atoms with van der Waals surface area (Å²) in [6.45, 7) is 6.38. The average Bonchev–Trinajstić information content (AvgIpc) is 2.56. The van der Waals surface area contributed by atoms with E-state index in [1.807, 2.05) is 6.92 Å². The fraction of sp³-hybridized carbons (Fsp3) is 0.950. The molecule has 142 valence electrons. The van der Waals surface area contributed by atoms with Gasteiger partial charge in [-0.1, -0.05) is 51.9 Å². The van der Waals surface area contributed by atoms with Crippen molar-refractivity contribution in [1.29, 1.82) is 0 Å². The molecule has 4 heteroatoms. The molecule has 0 aromatic heterocycles. The lowest BCUT2D eigenvalue weighted by Crippen LogP contribution is -2.40. The molecule has 24 heavy (non-hydrogen) atoms. The van der Waals surface area contributed by atoms with Gasteiger partial charge in [-0.15, -0.1) is 0 Å². The summed E-state index contributed by atoms with van der Waals surface area (Å²) >= 11 is 0. The van der Waals surface area contributed by atoms with Crippen molar-refractivity contribution in [2.75, 3.05) is 6.61 Å². The molecule has 0 aromatic rings. The SMILES string of the molecule is CCCCCCCCCC[C@H](OC(C)=O)[C@H]1CCC[C@@H](OCC)O1. The van der Waals surface area contributed by atoms with Crippen molar-refractivity contribution in [3.05, 3.63) is 0 Å². The normalized spacial score (nSPS) is 22.3. The van der Waals surface area contributed by atoms with Gasteiger partial charge in [-0.2, -0.15) is 0 Å². The van der Waals surface area contributed by atoms with Crippen LogP contribution < -0.4 is 0 Å². The molecule has 1 aliphatic rings. The largest absolute Gasteiger partial charge is 0.460 e. The van der Waals surface area contributed by atoms with E-state index in [4.69, 9.17) is 14.2 Å². The van der Waals surface area contributed by atoms with Crippen LogP contribution >= 0.6 is 0 Å². The van der Waals surface area contributed by atoms with Crippen LogP contribution in [0, 0.1) is 0 Å². The lowest BCUT2D eigenvalue weighted by Gasteiger charge is -2.34. The summed E-state index contributed by atoms with van der Waals surface area (Å²) in [4.78, 5) is 11.4. The van der Waals surface area contributed by atoms with Gasteiger partial charge in [0, 0.05) is 13.5 Å². The first-order valence-corrected chi connectivity index (χ1v) is 10.1. The number of hydrogen-bond acceptors (Lipinski definition) is 4. The van der Waals surface area contributed by atoms with E-state index >= 15 is 0 Å². The molecule has 1 fully saturated rings. The van der Waals surface area contributed by atoms with Gasteiger partial charge in [-0.3, -0.25) is 4.79 Å². The van der Waals surface area contributed by atoms with Crippen LogP contribution in [0.4, 0.5) is 0 Å². The quantitative estimate of drug-likeness (QED) is 0.333. The summed E-state index contributed by atoms with van der Waals surface area (Å²) in [6.07, 6.45) is 13.9. The van der Waals surface area contributed by atoms with E-state index in [2.05, 4.69) is 6.92 Å². The summed E-state index contributed by atoms with van der Waals surface area (Å²) in [5, 5.41) is 0. The smallest absolute Gasteiger partial charge is 0.302 e. The zero-order valence-electron chi connectivity index (χ0n) is 16.1. The Kier molecular flexibility index (Phi) is 12.2. The summed E-state index contributed by atoms with van der Waals surface area (Å²) in [6, 6.07) is 0. The first kappa shape index (κ1) is 21.4. The molecule has 0 radical (unpaired) electrons. The van der Waals surface area contributed by atoms with E-state index in [0.717, 1.165) is 32.1 Å². The maximum atomic E-state index is 11.4. The number of carbonyl (C=O) groups is 1. The van der Waals surface area contributed by atoms with Crippen LogP contribution in [0.3, 0.4) is 0 Å². The molecule has 0 N–H and O–H groups in total. The van der Waals surface area contributed by atoms with Gasteiger partial charge < -0.3 is 14.2 Å². The van der Waals surface area contributed by atoms with Gasteiger partial charge in [0.25, 0.3) is 0 Å². The minimum absolute atomic E-state index is 0.0104. The Hall–Kier alpha value is -0.610. The Morgan fingerprint density at radius 1 is 1.04 bits per heavy atom. The van der Waals surface area contributed by atoms with E-state index < -0.39 is 0 Å². The first-order chi connectivity index (χ1) is 11.7. The van der Waals surface area contributed by atoms with Crippen LogP contribution in [-0.2, 0) is 19.0 Å². The molecule has 0 saturated carbocycles. The molecule has 1 rings (SSSR count). The third-order valence-corrected chi connectivity index (χ3v) is 4.68. The second-order valence-electron chi connectivity index (χ2n) is 6.90. The molecule has 3 atom stereocenters. The van der Waals surface area contributed by atoms with Crippen molar-refractivity contribution in [3.8, 4) is 0 Å². The Morgan fingerprint density at radius 2 is 1.71 bits per heavy atom. The molecule has 0 amide bonds. The molecule has 4 nitrogen and oxygen atoms in total. The predicted molar refractivity (Wildman–Crippen MR) is 96.9 cm³/mol. The van der Waals surface area contributed by atoms with E-state index in [1.54, 1.807) is 0 Å². The number of carbonyl (C=O) groups excluding carboxylic acids is 1. The van der Waals surface area contributed by atoms with E-state index in [0.29, 0.717) is 6.61 Å². The van der Waals surface area contributed by atoms with E-state index in [1.165, 1.54) is 51.9 Å². The molecular weight excluding hydrogens is 304 g/mol. The van der Waals surface area contributed by atoms with Crippen LogP contribution in [0.5, 0.6) is 0 Å². The molecule has 0 aromatic carbocycles. The summed E-state index contributed by atoms with van der Waals surface area (Å²) < 4.78 is 17.2. The zero-order chi connectivity index (χ0) is 17.6. The van der Waals surface area contributed by atoms with Gasteiger partial charge >= 0.3 is 5.97 Å². The fourth-order valence-corrected chi connectivity index (χ4v) is 3.41. The highest BCUT2D eigenvalue weighted by Gasteiger charge is 2.31. The van der Waals surface area contributed by atoms with Gasteiger partial charge in [0.05, 0.1) is 6.10 Å². The van der Waals surface area contributed by atoms with Crippen LogP contribution in [0.1, 0.15) is 97.8 Å². The number of ether oxygens (including phenoxy) is 3. The predicted octanol–water partition coefficient (Wildman–Crippen LogP) is 5.38. The standard InChI is InChI=1S/C20H38O4/c1-4-6-7-8-9-10-11-12-14-18(23-17(3)21)19-15-13-16-20(24-19)22-5-2/h18-20H,4-16H2,1-3H3/t18-,19+,20-/m0/s1. The summed E-state index contributed by atoms with van der Waals surface area (Å²) in [5.74, 6) is -0.207. The zero-order valence-corrected chi connectivity index (χ0v) is 16.1. The molecule has 0 aliphatic carbocycles. The third kappa shape index (κ3) is 9.63. The van der Waals surface area contributed by atoms with Crippen LogP contribution in [-0.4, -0.2) is 31.1 Å². The molecule has 0 unspecified atom stereocenters. The fourth-order valence-electron chi connectivity index (χ4n) is 3.41. The molecule has 0 bridgehead atoms. The number of unbranched alkanes of at least 4 members (excludes halogenated alkanes) is 7. The third-order valence-electron chi connectivity index (χ3n) is 4.68. The second-order valence-corrected chi connectivity index (χ2v) is 6.90. The number of hydrogen-bond donors (Lipinski definition) is 0. The topological polar surface area (TPSA) is 44.8 Å². The van der Waals surface area contributed by atoms with Gasteiger partial charge in [0.2, 0.25) is 0 Å². The van der Waals surface area contributed by atoms with Gasteiger partial charge in [0.1, 0.15) is 6.10 Å². The highest BCUT2D eigenvalue weighted by molar-refractivity contribution is 5.66. The summed E-state index contributed by atoms with van der Waals surface area (Å²) in [5.41, 5.74) is 0. The molecule has 1 saturated heterocycles. The van der Waals surface area contributed by atoms with Gasteiger partial charge in [-0.25, -0.2) is 0 Å². The molecule has 1 heterocycles. The Labute approximate surface area is 148 Å². The minimum atomic E-state index is -0.207. The van der Waals surface area contributed by atoms with Crippen LogP contribution in [0.2, 0.25) is 0 Å². The van der Waals surface area contributed by atoms with Crippen molar-refractivity contribution in [2.45, 2.75) is 116 Å². The van der Waals surface area contributed by atoms with Crippen molar-refractivity contribution in [2.24, 2.45) is 0 Å². The Morgan fingerprint density at radius 3 is 2.33 bits per heavy atom. The minimum Gasteiger partial charge on any atom is -0.460 e. The van der Waals surface area contributed by atoms with Crippen molar-refractivity contribution in [1.82, 2.24) is 0 Å². The Balaban J connectivity index is 2.27. The lowest BCUT2D eigenvalue weighted by atomic mass is 9.98. The van der Waals surface area contributed by atoms with E-state index in [9.17, 15) is 4.79 Å². The Bertz CT molecular complexity index is 317. The highest BCUT2D eigenvalue weighted by Crippen LogP contribution is 2.26. The molecule has 0 spiro atoms. The number of esters is 1. The van der Waals surface area contributed by atoms with E-state index in [-0.39, 0.29) is 24.5 Å². The lowest BCUT2D eigenvalue weighted by molar-refractivity contribution is -0.219. The van der Waals surface area contributed by atoms with Gasteiger partial charge in [-0.05, 0) is 39.0 Å².